The van der Waals surface area contributed by atoms with Crippen LogP contribution in [0.15, 0.2) is 0 Å². The van der Waals surface area contributed by atoms with E-state index in [1.54, 1.807) is 0 Å². The minimum Gasteiger partial charge on any atom is -0.396 e. The Balaban J connectivity index is 2.09. The highest BCUT2D eigenvalue weighted by molar-refractivity contribution is 5.82. The molecule has 2 bridgehead atoms. The first-order valence-corrected chi connectivity index (χ1v) is 3.72. The second-order valence-electron chi connectivity index (χ2n) is 3.23. The third kappa shape index (κ3) is 0.669. The van der Waals surface area contributed by atoms with Gasteiger partial charge in [-0.3, -0.25) is 4.79 Å². The van der Waals surface area contributed by atoms with Gasteiger partial charge in [-0.2, -0.15) is 0 Å². The summed E-state index contributed by atoms with van der Waals surface area (Å²) in [5, 5.41) is 11.7. The zero-order valence-electron chi connectivity index (χ0n) is 5.71. The van der Waals surface area contributed by atoms with Gasteiger partial charge in [0, 0.05) is 24.5 Å². The van der Waals surface area contributed by atoms with Crippen molar-refractivity contribution in [2.75, 3.05) is 6.61 Å². The molecular formula is C7H11NO2. The van der Waals surface area contributed by atoms with Crippen molar-refractivity contribution in [3.05, 3.63) is 0 Å². The smallest absolute Gasteiger partial charge is 0.223 e. The predicted molar refractivity (Wildman–Crippen MR) is 35.2 cm³/mol. The molecule has 2 rings (SSSR count). The Morgan fingerprint density at radius 2 is 2.40 bits per heavy atom. The quantitative estimate of drug-likeness (QED) is 0.517. The van der Waals surface area contributed by atoms with E-state index in [9.17, 15) is 4.79 Å². The van der Waals surface area contributed by atoms with Crippen LogP contribution in [0.3, 0.4) is 0 Å². The molecular weight excluding hydrogens is 130 g/mol. The van der Waals surface area contributed by atoms with Crippen molar-refractivity contribution in [3.8, 4) is 0 Å². The summed E-state index contributed by atoms with van der Waals surface area (Å²) >= 11 is 0. The van der Waals surface area contributed by atoms with Crippen LogP contribution in [0.5, 0.6) is 0 Å². The van der Waals surface area contributed by atoms with Crippen molar-refractivity contribution in [1.82, 2.24) is 5.32 Å². The zero-order valence-corrected chi connectivity index (χ0v) is 5.71. The minimum absolute atomic E-state index is 0.190. The van der Waals surface area contributed by atoms with Crippen LogP contribution in [0.4, 0.5) is 0 Å². The van der Waals surface area contributed by atoms with Crippen molar-refractivity contribution in [2.24, 2.45) is 11.8 Å². The van der Waals surface area contributed by atoms with Crippen LogP contribution in [-0.4, -0.2) is 23.7 Å². The summed E-state index contributed by atoms with van der Waals surface area (Å²) in [6, 6.07) is 0.280. The van der Waals surface area contributed by atoms with Gasteiger partial charge in [-0.1, -0.05) is 0 Å². The SMILES string of the molecule is O=C1N[C@@H]2C[C@H]1C[C@H]2CO. The van der Waals surface area contributed by atoms with Gasteiger partial charge in [-0.15, -0.1) is 0 Å². The van der Waals surface area contributed by atoms with Gasteiger partial charge in [0.25, 0.3) is 0 Å². The first kappa shape index (κ1) is 6.16. The van der Waals surface area contributed by atoms with E-state index < -0.39 is 0 Å². The molecule has 0 aromatic carbocycles. The van der Waals surface area contributed by atoms with Crippen molar-refractivity contribution in [3.63, 3.8) is 0 Å². The maximum absolute atomic E-state index is 10.9. The van der Waals surface area contributed by atoms with Gasteiger partial charge in [-0.05, 0) is 12.8 Å². The molecule has 2 aliphatic rings. The largest absolute Gasteiger partial charge is 0.396 e. The van der Waals surface area contributed by atoms with Gasteiger partial charge < -0.3 is 10.4 Å². The number of carbonyl (C=O) groups excluding carboxylic acids is 1. The number of carbonyl (C=O) groups is 1. The second kappa shape index (κ2) is 1.95. The molecule has 2 N–H and O–H groups in total. The van der Waals surface area contributed by atoms with E-state index in [1.807, 2.05) is 0 Å². The first-order chi connectivity index (χ1) is 4.81. The topological polar surface area (TPSA) is 49.3 Å². The fourth-order valence-electron chi connectivity index (χ4n) is 2.02. The van der Waals surface area contributed by atoms with Crippen LogP contribution in [0.1, 0.15) is 12.8 Å². The third-order valence-electron chi connectivity index (χ3n) is 2.63. The molecule has 1 saturated carbocycles. The lowest BCUT2D eigenvalue weighted by Gasteiger charge is -2.19. The molecule has 0 unspecified atom stereocenters. The number of hydrogen-bond donors (Lipinski definition) is 2. The van der Waals surface area contributed by atoms with Crippen molar-refractivity contribution >= 4 is 5.91 Å². The van der Waals surface area contributed by atoms with E-state index >= 15 is 0 Å². The summed E-state index contributed by atoms with van der Waals surface area (Å²) in [7, 11) is 0. The molecule has 3 atom stereocenters. The van der Waals surface area contributed by atoms with Crippen molar-refractivity contribution in [1.29, 1.82) is 0 Å². The van der Waals surface area contributed by atoms with Gasteiger partial charge in [0.1, 0.15) is 0 Å². The molecule has 1 saturated heterocycles. The average molecular weight is 141 g/mol. The predicted octanol–water partition coefficient (Wildman–Crippen LogP) is -0.497. The lowest BCUT2D eigenvalue weighted by molar-refractivity contribution is -0.124. The number of hydrogen-bond acceptors (Lipinski definition) is 2. The molecule has 1 amide bonds. The number of aliphatic hydroxyl groups is 1. The van der Waals surface area contributed by atoms with Gasteiger partial charge in [0.2, 0.25) is 5.91 Å². The molecule has 10 heavy (non-hydrogen) atoms. The van der Waals surface area contributed by atoms with Crippen LogP contribution < -0.4 is 5.32 Å². The van der Waals surface area contributed by atoms with E-state index in [2.05, 4.69) is 5.32 Å². The summed E-state index contributed by atoms with van der Waals surface area (Å²) in [5.74, 6) is 0.736. The highest BCUT2D eigenvalue weighted by Crippen LogP contribution is 2.36. The monoisotopic (exact) mass is 141 g/mol. The summed E-state index contributed by atoms with van der Waals surface area (Å²) in [4.78, 5) is 10.9. The molecule has 56 valence electrons. The van der Waals surface area contributed by atoms with Crippen LogP contribution >= 0.6 is 0 Å². The minimum atomic E-state index is 0.190. The van der Waals surface area contributed by atoms with Crippen LogP contribution in [0.2, 0.25) is 0 Å². The number of nitrogens with one attached hydrogen (secondary N) is 1. The number of amides is 1. The highest BCUT2D eigenvalue weighted by Gasteiger charge is 2.44. The Bertz CT molecular complexity index is 169. The molecule has 0 radical (unpaired) electrons. The normalized spacial score (nSPS) is 44.1. The Labute approximate surface area is 59.4 Å². The Morgan fingerprint density at radius 3 is 2.80 bits per heavy atom. The van der Waals surface area contributed by atoms with Gasteiger partial charge in [0.15, 0.2) is 0 Å². The Morgan fingerprint density at radius 1 is 1.60 bits per heavy atom. The molecule has 0 spiro atoms. The maximum Gasteiger partial charge on any atom is 0.223 e. The van der Waals surface area contributed by atoms with E-state index in [0.717, 1.165) is 12.8 Å². The van der Waals surface area contributed by atoms with E-state index in [0.29, 0.717) is 5.92 Å². The zero-order chi connectivity index (χ0) is 7.14. The van der Waals surface area contributed by atoms with Crippen LogP contribution in [0.25, 0.3) is 0 Å². The number of rotatable bonds is 1. The molecule has 0 aromatic rings. The molecule has 1 heterocycles. The molecule has 1 aliphatic carbocycles. The average Bonchev–Trinajstić information content (AvgIpc) is 2.44. The van der Waals surface area contributed by atoms with E-state index in [-0.39, 0.29) is 24.5 Å². The number of fused-ring (bicyclic) bond motifs is 2. The van der Waals surface area contributed by atoms with Crippen molar-refractivity contribution in [2.45, 2.75) is 18.9 Å². The van der Waals surface area contributed by atoms with Crippen molar-refractivity contribution < 1.29 is 9.90 Å². The molecule has 3 nitrogen and oxygen atoms in total. The molecule has 3 heteroatoms. The lowest BCUT2D eigenvalue weighted by Crippen LogP contribution is -2.38. The fraction of sp³-hybridized carbons (Fsp3) is 0.857. The lowest BCUT2D eigenvalue weighted by atomic mass is 10.0. The third-order valence-corrected chi connectivity index (χ3v) is 2.63. The molecule has 1 aliphatic heterocycles. The number of aliphatic hydroxyl groups excluding tert-OH is 1. The standard InChI is InChI=1S/C7H11NO2/c9-3-5-1-4-2-6(5)8-7(4)10/h4-6,9H,1-3H2,(H,8,10)/t4-,5+,6-/m1/s1. The van der Waals surface area contributed by atoms with Gasteiger partial charge >= 0.3 is 0 Å². The van der Waals surface area contributed by atoms with Gasteiger partial charge in [0.05, 0.1) is 0 Å². The fourth-order valence-corrected chi connectivity index (χ4v) is 2.02. The number of piperidine rings is 1. The van der Waals surface area contributed by atoms with Gasteiger partial charge in [-0.25, -0.2) is 0 Å². The summed E-state index contributed by atoms with van der Waals surface area (Å²) < 4.78 is 0. The highest BCUT2D eigenvalue weighted by atomic mass is 16.3. The summed E-state index contributed by atoms with van der Waals surface area (Å²) in [6.07, 6.45) is 1.84. The summed E-state index contributed by atoms with van der Waals surface area (Å²) in [5.41, 5.74) is 0. The molecule has 0 aromatic heterocycles. The van der Waals surface area contributed by atoms with E-state index in [4.69, 9.17) is 5.11 Å². The first-order valence-electron chi connectivity index (χ1n) is 3.72. The van der Waals surface area contributed by atoms with E-state index in [1.165, 1.54) is 0 Å². The van der Waals surface area contributed by atoms with Crippen LogP contribution in [-0.2, 0) is 4.79 Å². The molecule has 2 fully saturated rings. The Hall–Kier alpha value is -0.570. The van der Waals surface area contributed by atoms with Crippen LogP contribution in [0, 0.1) is 11.8 Å². The Kier molecular flexibility index (Phi) is 1.20. The summed E-state index contributed by atoms with van der Waals surface area (Å²) in [6.45, 7) is 0.224. The second-order valence-corrected chi connectivity index (χ2v) is 3.23. The maximum atomic E-state index is 10.9.